The maximum Gasteiger partial charge on any atom is 0.326 e. The molecule has 0 aliphatic rings. The molecule has 0 spiro atoms. The number of aromatic nitrogens is 1. The highest BCUT2D eigenvalue weighted by molar-refractivity contribution is 6.33. The maximum absolute atomic E-state index is 12.2. The van der Waals surface area contributed by atoms with E-state index in [0.29, 0.717) is 11.3 Å². The number of hydrogen-bond acceptors (Lipinski definition) is 4. The summed E-state index contributed by atoms with van der Waals surface area (Å²) < 4.78 is 0. The van der Waals surface area contributed by atoms with E-state index in [2.05, 4.69) is 15.6 Å². The summed E-state index contributed by atoms with van der Waals surface area (Å²) in [5.74, 6) is -1.84. The van der Waals surface area contributed by atoms with Gasteiger partial charge in [-0.15, -0.1) is 0 Å². The second-order valence-corrected chi connectivity index (χ2v) is 7.67. The fourth-order valence-electron chi connectivity index (χ4n) is 2.29. The van der Waals surface area contributed by atoms with E-state index in [9.17, 15) is 19.5 Å². The molecular formula is C20H22ClN3O4. The van der Waals surface area contributed by atoms with Crippen molar-refractivity contribution in [2.24, 2.45) is 5.41 Å². The Bertz CT molecular complexity index is 876. The monoisotopic (exact) mass is 403 g/mol. The zero-order valence-corrected chi connectivity index (χ0v) is 16.6. The third kappa shape index (κ3) is 5.79. The van der Waals surface area contributed by atoms with E-state index in [1.165, 1.54) is 6.20 Å². The van der Waals surface area contributed by atoms with E-state index in [-0.39, 0.29) is 23.0 Å². The molecule has 0 unspecified atom stereocenters. The number of carboxylic acid groups (broad SMARTS) is 1. The van der Waals surface area contributed by atoms with Gasteiger partial charge in [-0.1, -0.05) is 44.5 Å². The molecule has 0 saturated carbocycles. The van der Waals surface area contributed by atoms with Gasteiger partial charge in [-0.2, -0.15) is 0 Å². The molecule has 1 aromatic carbocycles. The maximum atomic E-state index is 12.2. The van der Waals surface area contributed by atoms with E-state index in [4.69, 9.17) is 11.6 Å². The second-order valence-electron chi connectivity index (χ2n) is 7.31. The summed E-state index contributed by atoms with van der Waals surface area (Å²) >= 11 is 5.91. The van der Waals surface area contributed by atoms with Gasteiger partial charge in [0.05, 0.1) is 5.56 Å². The molecule has 3 N–H and O–H groups in total. The normalized spacial score (nSPS) is 12.1. The van der Waals surface area contributed by atoms with E-state index < -0.39 is 23.3 Å². The van der Waals surface area contributed by atoms with Gasteiger partial charge in [0.15, 0.2) is 0 Å². The van der Waals surface area contributed by atoms with Crippen molar-refractivity contribution >= 4 is 35.1 Å². The summed E-state index contributed by atoms with van der Waals surface area (Å²) in [6.45, 7) is 5.15. The predicted octanol–water partition coefficient (Wildman–Crippen LogP) is 3.15. The lowest BCUT2D eigenvalue weighted by molar-refractivity contribution is -0.143. The van der Waals surface area contributed by atoms with Crippen LogP contribution in [0.3, 0.4) is 0 Å². The molecule has 0 aliphatic heterocycles. The van der Waals surface area contributed by atoms with E-state index in [1.807, 2.05) is 0 Å². The number of carboxylic acids is 1. The third-order valence-electron chi connectivity index (χ3n) is 3.94. The van der Waals surface area contributed by atoms with Crippen LogP contribution in [0.2, 0.25) is 5.15 Å². The number of aliphatic carboxylic acids is 1. The molecule has 8 heteroatoms. The molecule has 0 radical (unpaired) electrons. The average molecular weight is 404 g/mol. The fourth-order valence-corrected chi connectivity index (χ4v) is 2.49. The van der Waals surface area contributed by atoms with Gasteiger partial charge in [0.1, 0.15) is 11.2 Å². The van der Waals surface area contributed by atoms with Gasteiger partial charge in [0.2, 0.25) is 5.91 Å². The molecular weight excluding hydrogens is 382 g/mol. The highest BCUT2D eigenvalue weighted by Gasteiger charge is 2.27. The van der Waals surface area contributed by atoms with Crippen molar-refractivity contribution in [2.45, 2.75) is 33.2 Å². The smallest absolute Gasteiger partial charge is 0.326 e. The van der Waals surface area contributed by atoms with Crippen LogP contribution in [-0.2, 0) is 16.0 Å². The van der Waals surface area contributed by atoms with Gasteiger partial charge < -0.3 is 15.7 Å². The van der Waals surface area contributed by atoms with Crippen molar-refractivity contribution < 1.29 is 19.5 Å². The summed E-state index contributed by atoms with van der Waals surface area (Å²) in [5.41, 5.74) is 0.803. The van der Waals surface area contributed by atoms with Crippen LogP contribution in [0.4, 0.5) is 5.69 Å². The number of rotatable bonds is 6. The van der Waals surface area contributed by atoms with Gasteiger partial charge >= 0.3 is 5.97 Å². The summed E-state index contributed by atoms with van der Waals surface area (Å²) in [4.78, 5) is 39.6. The lowest BCUT2D eigenvalue weighted by Gasteiger charge is -2.22. The Labute approximate surface area is 168 Å². The van der Waals surface area contributed by atoms with Crippen LogP contribution in [0.15, 0.2) is 42.6 Å². The van der Waals surface area contributed by atoms with Crippen LogP contribution in [0.5, 0.6) is 0 Å². The first kappa shape index (κ1) is 21.4. The number of pyridine rings is 1. The molecule has 1 aromatic heterocycles. The summed E-state index contributed by atoms with van der Waals surface area (Å²) in [7, 11) is 0. The van der Waals surface area contributed by atoms with Crippen LogP contribution in [-0.4, -0.2) is 33.9 Å². The number of benzene rings is 1. The topological polar surface area (TPSA) is 108 Å². The molecule has 148 valence electrons. The first-order valence-electron chi connectivity index (χ1n) is 8.62. The zero-order chi connectivity index (χ0) is 20.9. The summed E-state index contributed by atoms with van der Waals surface area (Å²) in [6, 6.07) is 8.83. The Hall–Kier alpha value is -2.93. The molecule has 7 nitrogen and oxygen atoms in total. The first-order chi connectivity index (χ1) is 13.1. The number of carbonyl (C=O) groups excluding carboxylic acids is 2. The summed E-state index contributed by atoms with van der Waals surface area (Å²) in [5, 5.41) is 14.7. The Morgan fingerprint density at radius 1 is 1.14 bits per heavy atom. The van der Waals surface area contributed by atoms with Crippen LogP contribution in [0, 0.1) is 5.41 Å². The minimum Gasteiger partial charge on any atom is -0.480 e. The third-order valence-corrected chi connectivity index (χ3v) is 4.24. The number of nitrogens with zero attached hydrogens (tertiary/aromatic N) is 1. The molecule has 0 saturated heterocycles. The van der Waals surface area contributed by atoms with Gasteiger partial charge in [0.25, 0.3) is 5.91 Å². The van der Waals surface area contributed by atoms with Crippen molar-refractivity contribution in [3.63, 3.8) is 0 Å². The van der Waals surface area contributed by atoms with Crippen LogP contribution < -0.4 is 10.6 Å². The molecule has 1 atom stereocenters. The van der Waals surface area contributed by atoms with E-state index in [0.717, 1.165) is 0 Å². The molecule has 1 heterocycles. The highest BCUT2D eigenvalue weighted by Crippen LogP contribution is 2.17. The van der Waals surface area contributed by atoms with Crippen molar-refractivity contribution in [1.82, 2.24) is 10.3 Å². The Balaban J connectivity index is 2.04. The number of anilines is 1. The number of hydrogen-bond donors (Lipinski definition) is 3. The Morgan fingerprint density at radius 2 is 1.79 bits per heavy atom. The lowest BCUT2D eigenvalue weighted by atomic mass is 9.94. The fraction of sp³-hybridized carbons (Fsp3) is 0.300. The standard InChI is InChI=1S/C20H22ClN3O4/c1-20(2,3)19(28)24-15(18(26)27)11-12-6-8-13(9-7-12)23-17(25)14-5-4-10-22-16(14)21/h4-10,15H,11H2,1-3H3,(H,23,25)(H,24,28)(H,26,27)/t15-/m0/s1. The van der Waals surface area contributed by atoms with Crippen molar-refractivity contribution in [3.8, 4) is 0 Å². The SMILES string of the molecule is CC(C)(C)C(=O)N[C@@H](Cc1ccc(NC(=O)c2cccnc2Cl)cc1)C(=O)O. The minimum atomic E-state index is -1.11. The predicted molar refractivity (Wildman–Crippen MR) is 106 cm³/mol. The molecule has 2 aromatic rings. The quantitative estimate of drug-likeness (QED) is 0.642. The van der Waals surface area contributed by atoms with Gasteiger partial charge in [-0.05, 0) is 29.8 Å². The molecule has 2 amide bonds. The number of amides is 2. The number of nitrogens with one attached hydrogen (secondary N) is 2. The number of halogens is 1. The molecule has 0 aliphatic carbocycles. The van der Waals surface area contributed by atoms with Gasteiger partial charge in [-0.3, -0.25) is 9.59 Å². The van der Waals surface area contributed by atoms with Gasteiger partial charge in [0, 0.05) is 23.7 Å². The highest BCUT2D eigenvalue weighted by atomic mass is 35.5. The summed E-state index contributed by atoms with van der Waals surface area (Å²) in [6.07, 6.45) is 1.62. The van der Waals surface area contributed by atoms with Crippen LogP contribution >= 0.6 is 11.6 Å². The molecule has 0 fully saturated rings. The number of carbonyl (C=O) groups is 3. The molecule has 2 rings (SSSR count). The molecule has 28 heavy (non-hydrogen) atoms. The van der Waals surface area contributed by atoms with Crippen molar-refractivity contribution in [2.75, 3.05) is 5.32 Å². The first-order valence-corrected chi connectivity index (χ1v) is 9.00. The Morgan fingerprint density at radius 3 is 2.32 bits per heavy atom. The minimum absolute atomic E-state index is 0.107. The van der Waals surface area contributed by atoms with Crippen molar-refractivity contribution in [1.29, 1.82) is 0 Å². The van der Waals surface area contributed by atoms with E-state index in [1.54, 1.807) is 57.2 Å². The zero-order valence-electron chi connectivity index (χ0n) is 15.8. The van der Waals surface area contributed by atoms with Gasteiger partial charge in [-0.25, -0.2) is 9.78 Å². The molecule has 0 bridgehead atoms. The Kier molecular flexibility index (Phi) is 6.75. The average Bonchev–Trinajstić information content (AvgIpc) is 2.62. The van der Waals surface area contributed by atoms with Crippen LogP contribution in [0.25, 0.3) is 0 Å². The van der Waals surface area contributed by atoms with E-state index >= 15 is 0 Å². The van der Waals surface area contributed by atoms with Crippen LogP contribution in [0.1, 0.15) is 36.7 Å². The second kappa shape index (κ2) is 8.84. The van der Waals surface area contributed by atoms with Crippen molar-refractivity contribution in [3.05, 3.63) is 58.9 Å². The largest absolute Gasteiger partial charge is 0.480 e. The lowest BCUT2D eigenvalue weighted by Crippen LogP contribution is -2.46.